The van der Waals surface area contributed by atoms with Crippen LogP contribution in [-0.2, 0) is 10.2 Å². The maximum atomic E-state index is 11.8. The minimum absolute atomic E-state index is 0.0262. The minimum atomic E-state index is -1.45. The van der Waals surface area contributed by atoms with Crippen molar-refractivity contribution in [1.82, 2.24) is 10.1 Å². The van der Waals surface area contributed by atoms with E-state index in [4.69, 9.17) is 4.52 Å². The highest BCUT2D eigenvalue weighted by Crippen LogP contribution is 2.48. The zero-order valence-electron chi connectivity index (χ0n) is 10.1. The van der Waals surface area contributed by atoms with Crippen LogP contribution >= 0.6 is 0 Å². The molecule has 0 radical (unpaired) electrons. The highest BCUT2D eigenvalue weighted by molar-refractivity contribution is 6.20. The predicted octanol–water partition coefficient (Wildman–Crippen LogP) is 0.443. The second-order valence-corrected chi connectivity index (χ2v) is 5.05. The molecule has 0 bridgehead atoms. The number of hydrogen-bond acceptors (Lipinski definition) is 5. The maximum absolute atomic E-state index is 11.8. The fourth-order valence-electron chi connectivity index (χ4n) is 1.94. The van der Waals surface area contributed by atoms with Crippen LogP contribution in [0.5, 0.6) is 0 Å². The summed E-state index contributed by atoms with van der Waals surface area (Å²) in [7, 11) is 1.36. The number of aliphatic hydroxyl groups excluding tert-OH is 1. The van der Waals surface area contributed by atoms with Crippen molar-refractivity contribution in [2.24, 2.45) is 0 Å². The van der Waals surface area contributed by atoms with Gasteiger partial charge in [0.25, 0.3) is 5.91 Å². The topological polar surface area (TPSA) is 86.9 Å². The normalized spacial score (nSPS) is 26.1. The Morgan fingerprint density at radius 2 is 2.17 bits per heavy atom. The molecule has 2 heterocycles. The van der Waals surface area contributed by atoms with Crippen molar-refractivity contribution in [3.63, 3.8) is 0 Å². The minimum Gasteiger partial charge on any atom is -0.365 e. The molecule has 1 aliphatic heterocycles. The van der Waals surface area contributed by atoms with Crippen molar-refractivity contribution in [2.75, 3.05) is 11.9 Å². The van der Waals surface area contributed by atoms with Crippen molar-refractivity contribution in [3.05, 3.63) is 11.8 Å². The lowest BCUT2D eigenvalue weighted by atomic mass is 10.1. The number of likely N-dealkylation sites (N-methyl/N-ethyl adjacent to an activating group) is 1. The van der Waals surface area contributed by atoms with Crippen LogP contribution < -0.4 is 4.90 Å². The number of imide groups is 1. The molecule has 18 heavy (non-hydrogen) atoms. The molecule has 1 aliphatic carbocycles. The first-order valence-electron chi connectivity index (χ1n) is 5.70. The van der Waals surface area contributed by atoms with Crippen LogP contribution in [0.4, 0.5) is 10.6 Å². The van der Waals surface area contributed by atoms with Gasteiger partial charge in [-0.2, -0.15) is 0 Å². The summed E-state index contributed by atoms with van der Waals surface area (Å²) in [5.74, 6) is 0.0990. The number of amides is 3. The van der Waals surface area contributed by atoms with Gasteiger partial charge in [-0.1, -0.05) is 12.1 Å². The first kappa shape index (κ1) is 11.2. The third kappa shape index (κ3) is 1.37. The quantitative estimate of drug-likeness (QED) is 0.771. The molecule has 1 atom stereocenters. The van der Waals surface area contributed by atoms with Gasteiger partial charge in [0.05, 0.1) is 0 Å². The average Bonchev–Trinajstić information content (AvgIpc) is 2.85. The summed E-state index contributed by atoms with van der Waals surface area (Å²) in [6.07, 6.45) is 0.562. The Bertz CT molecular complexity index is 514. The summed E-state index contributed by atoms with van der Waals surface area (Å²) in [5, 5.41) is 13.2. The van der Waals surface area contributed by atoms with E-state index in [2.05, 4.69) is 5.16 Å². The van der Waals surface area contributed by atoms with E-state index in [-0.39, 0.29) is 11.2 Å². The molecule has 1 aromatic heterocycles. The van der Waals surface area contributed by atoms with Gasteiger partial charge in [0.2, 0.25) is 6.23 Å². The summed E-state index contributed by atoms with van der Waals surface area (Å²) in [5.41, 5.74) is -0.0262. The van der Waals surface area contributed by atoms with Crippen LogP contribution in [0.15, 0.2) is 10.6 Å². The highest BCUT2D eigenvalue weighted by Gasteiger charge is 2.47. The van der Waals surface area contributed by atoms with Crippen molar-refractivity contribution < 1.29 is 19.2 Å². The molecule has 1 saturated carbocycles. The fraction of sp³-hybridized carbons (Fsp3) is 0.545. The van der Waals surface area contributed by atoms with Gasteiger partial charge in [-0.3, -0.25) is 9.69 Å². The monoisotopic (exact) mass is 251 g/mol. The number of nitrogens with zero attached hydrogens (tertiary/aromatic N) is 3. The molecule has 2 aliphatic rings. The van der Waals surface area contributed by atoms with Gasteiger partial charge < -0.3 is 9.63 Å². The zero-order valence-corrected chi connectivity index (χ0v) is 10.1. The van der Waals surface area contributed by atoms with Gasteiger partial charge in [0.15, 0.2) is 5.82 Å². The summed E-state index contributed by atoms with van der Waals surface area (Å²) in [4.78, 5) is 25.3. The summed E-state index contributed by atoms with van der Waals surface area (Å²) in [6.45, 7) is 2.03. The van der Waals surface area contributed by atoms with E-state index in [1.165, 1.54) is 7.05 Å². The summed E-state index contributed by atoms with van der Waals surface area (Å²) >= 11 is 0. The molecule has 96 valence electrons. The number of aliphatic hydroxyl groups is 1. The Morgan fingerprint density at radius 1 is 1.50 bits per heavy atom. The summed E-state index contributed by atoms with van der Waals surface area (Å²) < 4.78 is 5.17. The number of carbonyl (C=O) groups excluding carboxylic acids is 2. The molecule has 1 N–H and O–H groups in total. The van der Waals surface area contributed by atoms with Crippen LogP contribution in [0.25, 0.3) is 0 Å². The van der Waals surface area contributed by atoms with Gasteiger partial charge in [-0.05, 0) is 12.8 Å². The number of urea groups is 1. The van der Waals surface area contributed by atoms with Gasteiger partial charge in [-0.15, -0.1) is 0 Å². The van der Waals surface area contributed by atoms with Crippen LogP contribution in [0.3, 0.4) is 0 Å². The Morgan fingerprint density at radius 3 is 2.67 bits per heavy atom. The molecule has 0 aromatic carbocycles. The van der Waals surface area contributed by atoms with Gasteiger partial charge in [0, 0.05) is 18.5 Å². The molecule has 3 amide bonds. The number of anilines is 1. The lowest BCUT2D eigenvalue weighted by Gasteiger charge is -2.09. The third-order valence-electron chi connectivity index (χ3n) is 3.62. The SMILES string of the molecule is CN1C(=O)N(c2cc(C3(C)CC3)on2)C(=O)C1O. The molecular weight excluding hydrogens is 238 g/mol. The van der Waals surface area contributed by atoms with Gasteiger partial charge in [-0.25, -0.2) is 9.69 Å². The molecule has 7 heteroatoms. The fourth-order valence-corrected chi connectivity index (χ4v) is 1.94. The lowest BCUT2D eigenvalue weighted by molar-refractivity contribution is -0.128. The molecular formula is C11H13N3O4. The van der Waals surface area contributed by atoms with Gasteiger partial charge in [0.1, 0.15) is 5.76 Å². The largest absolute Gasteiger partial charge is 0.365 e. The number of aromatic nitrogens is 1. The Hall–Kier alpha value is -1.89. The lowest BCUT2D eigenvalue weighted by Crippen LogP contribution is -2.31. The van der Waals surface area contributed by atoms with Crippen molar-refractivity contribution in [3.8, 4) is 0 Å². The van der Waals surface area contributed by atoms with E-state index in [0.29, 0.717) is 5.76 Å². The van der Waals surface area contributed by atoms with E-state index >= 15 is 0 Å². The van der Waals surface area contributed by atoms with Crippen LogP contribution in [0.1, 0.15) is 25.5 Å². The molecule has 1 unspecified atom stereocenters. The number of carbonyl (C=O) groups is 2. The zero-order chi connectivity index (χ0) is 13.1. The Balaban J connectivity index is 1.93. The summed E-state index contributed by atoms with van der Waals surface area (Å²) in [6, 6.07) is 0.989. The van der Waals surface area contributed by atoms with E-state index in [9.17, 15) is 14.7 Å². The standard InChI is InChI=1S/C11H13N3O4/c1-11(3-4-11)6-5-7(12-18-6)14-9(16)8(15)13(2)10(14)17/h5,8,15H,3-4H2,1-2H3. The van der Waals surface area contributed by atoms with Crippen molar-refractivity contribution >= 4 is 17.8 Å². The Kier molecular flexibility index (Phi) is 2.07. The molecule has 3 rings (SSSR count). The van der Waals surface area contributed by atoms with Crippen LogP contribution in [-0.4, -0.2) is 40.4 Å². The van der Waals surface area contributed by atoms with Gasteiger partial charge >= 0.3 is 6.03 Å². The van der Waals surface area contributed by atoms with Crippen LogP contribution in [0, 0.1) is 0 Å². The molecule has 0 spiro atoms. The van der Waals surface area contributed by atoms with E-state index in [1.54, 1.807) is 6.07 Å². The first-order valence-corrected chi connectivity index (χ1v) is 5.70. The number of hydrogen-bond donors (Lipinski definition) is 1. The predicted molar refractivity (Wildman–Crippen MR) is 59.7 cm³/mol. The van der Waals surface area contributed by atoms with Crippen LogP contribution in [0.2, 0.25) is 0 Å². The smallest absolute Gasteiger partial charge is 0.335 e. The maximum Gasteiger partial charge on any atom is 0.335 e. The van der Waals surface area contributed by atoms with Crippen molar-refractivity contribution in [2.45, 2.75) is 31.4 Å². The second kappa shape index (κ2) is 3.32. The molecule has 1 saturated heterocycles. The Labute approximate surface area is 103 Å². The van der Waals surface area contributed by atoms with E-state index in [1.807, 2.05) is 6.92 Å². The molecule has 1 aromatic rings. The average molecular weight is 251 g/mol. The molecule has 7 nitrogen and oxygen atoms in total. The van der Waals surface area contributed by atoms with E-state index in [0.717, 1.165) is 22.6 Å². The second-order valence-electron chi connectivity index (χ2n) is 5.05. The third-order valence-corrected chi connectivity index (χ3v) is 3.62. The number of rotatable bonds is 2. The first-order chi connectivity index (χ1) is 8.44. The highest BCUT2D eigenvalue weighted by atomic mass is 16.5. The van der Waals surface area contributed by atoms with E-state index < -0.39 is 18.2 Å². The van der Waals surface area contributed by atoms with Crippen molar-refractivity contribution in [1.29, 1.82) is 0 Å². The molecule has 2 fully saturated rings.